The summed E-state index contributed by atoms with van der Waals surface area (Å²) in [5.74, 6) is 0.803. The van der Waals surface area contributed by atoms with E-state index >= 15 is 0 Å². The van der Waals surface area contributed by atoms with E-state index in [1.54, 1.807) is 0 Å². The van der Waals surface area contributed by atoms with Gasteiger partial charge in [0.05, 0.1) is 18.8 Å². The smallest absolute Gasteiger partial charge is 0.0900 e. The van der Waals surface area contributed by atoms with Crippen LogP contribution in [0.2, 0.25) is 0 Å². The number of β-amino-alcohol motifs (C(OH)–C–C–N with tert-alkyl or cyclic N) is 1. The molecule has 0 spiro atoms. The number of fused-ring (bicyclic) bond motifs is 2. The number of likely N-dealkylation sites (tertiary alicyclic amines) is 1. The van der Waals surface area contributed by atoms with Crippen molar-refractivity contribution in [2.24, 2.45) is 16.7 Å². The van der Waals surface area contributed by atoms with Crippen LogP contribution in [0, 0.1) is 16.7 Å². The fourth-order valence-electron chi connectivity index (χ4n) is 5.74. The lowest BCUT2D eigenvalue weighted by molar-refractivity contribution is -0.0842. The third-order valence-corrected chi connectivity index (χ3v) is 8.00. The molecule has 3 rings (SSSR count). The van der Waals surface area contributed by atoms with Crippen molar-refractivity contribution in [3.8, 4) is 0 Å². The van der Waals surface area contributed by atoms with Crippen LogP contribution in [-0.4, -0.2) is 47.4 Å². The number of aliphatic hydroxyl groups excluding tert-OH is 1. The van der Waals surface area contributed by atoms with Gasteiger partial charge in [0.25, 0.3) is 0 Å². The molecule has 0 radical (unpaired) electrons. The number of rotatable bonds is 5. The third kappa shape index (κ3) is 2.98. The first-order valence-corrected chi connectivity index (χ1v) is 9.81. The van der Waals surface area contributed by atoms with E-state index in [1.165, 1.54) is 38.5 Å². The molecule has 2 aliphatic carbocycles. The average molecular weight is 324 g/mol. The minimum atomic E-state index is -0.358. The summed E-state index contributed by atoms with van der Waals surface area (Å²) in [5, 5.41) is 10.5. The van der Waals surface area contributed by atoms with E-state index in [1.807, 2.05) is 0 Å². The van der Waals surface area contributed by atoms with Gasteiger partial charge in [-0.2, -0.15) is 0 Å². The number of ether oxygens (including phenoxy) is 1. The number of aliphatic hydroxyl groups is 1. The molecule has 134 valence electrons. The predicted octanol–water partition coefficient (Wildman–Crippen LogP) is 3.84. The van der Waals surface area contributed by atoms with Crippen molar-refractivity contribution in [2.75, 3.05) is 13.2 Å². The summed E-state index contributed by atoms with van der Waals surface area (Å²) in [6.45, 7) is 13.1. The molecule has 1 aliphatic heterocycles. The summed E-state index contributed by atoms with van der Waals surface area (Å²) in [6, 6.07) is 1.18. The number of hydrogen-bond acceptors (Lipinski definition) is 3. The van der Waals surface area contributed by atoms with Gasteiger partial charge in [-0.15, -0.1) is 0 Å². The van der Waals surface area contributed by atoms with Crippen LogP contribution in [0.1, 0.15) is 73.1 Å². The minimum absolute atomic E-state index is 0.295. The van der Waals surface area contributed by atoms with Gasteiger partial charge in [-0.3, -0.25) is 4.90 Å². The molecule has 6 atom stereocenters. The number of piperidine rings is 1. The molecular formula is C20H37NO2. The monoisotopic (exact) mass is 323 g/mol. The zero-order valence-corrected chi connectivity index (χ0v) is 15.8. The largest absolute Gasteiger partial charge is 0.389 e. The lowest BCUT2D eigenvalue weighted by Gasteiger charge is -2.41. The number of nitrogens with zero attached hydrogens (tertiary/aromatic N) is 1. The van der Waals surface area contributed by atoms with Crippen LogP contribution in [0.25, 0.3) is 0 Å². The summed E-state index contributed by atoms with van der Waals surface area (Å²) in [4.78, 5) is 2.48. The first kappa shape index (κ1) is 17.7. The first-order valence-electron chi connectivity index (χ1n) is 9.81. The second-order valence-corrected chi connectivity index (χ2v) is 9.41. The van der Waals surface area contributed by atoms with Crippen LogP contribution >= 0.6 is 0 Å². The Morgan fingerprint density at radius 3 is 2.30 bits per heavy atom. The molecule has 0 unspecified atom stereocenters. The third-order valence-electron chi connectivity index (χ3n) is 8.00. The Bertz CT molecular complexity index is 414. The molecule has 3 heteroatoms. The van der Waals surface area contributed by atoms with Crippen LogP contribution in [0.15, 0.2) is 0 Å². The van der Waals surface area contributed by atoms with Crippen molar-refractivity contribution in [1.82, 2.24) is 4.90 Å². The normalized spacial score (nSPS) is 44.6. The van der Waals surface area contributed by atoms with Crippen molar-refractivity contribution in [3.05, 3.63) is 0 Å². The van der Waals surface area contributed by atoms with E-state index in [0.29, 0.717) is 35.6 Å². The SMILES string of the molecule is C[C@@H]1CCC[C@@H](C)N1C[C@H](O)CO[C@@H]1C[C@@H]2CC[C@]1(C)C2(C)C. The van der Waals surface area contributed by atoms with Gasteiger partial charge >= 0.3 is 0 Å². The molecule has 0 aromatic heterocycles. The molecule has 1 N–H and O–H groups in total. The van der Waals surface area contributed by atoms with E-state index in [9.17, 15) is 5.11 Å². The van der Waals surface area contributed by atoms with Gasteiger partial charge in [0, 0.05) is 18.6 Å². The van der Waals surface area contributed by atoms with Gasteiger partial charge in [0.2, 0.25) is 0 Å². The van der Waals surface area contributed by atoms with Gasteiger partial charge in [0.1, 0.15) is 0 Å². The standard InChI is InChI=1S/C20H37NO2/c1-14-7-6-8-15(2)21(14)12-17(22)13-23-18-11-16-9-10-20(18,5)19(16,3)4/h14-18,22H,6-13H2,1-5H3/t14-,15-,16+,17+,18-,20+/m1/s1. The van der Waals surface area contributed by atoms with Gasteiger partial charge in [-0.05, 0) is 62.7 Å². The maximum absolute atomic E-state index is 10.5. The molecule has 1 heterocycles. The Labute approximate surface area is 142 Å². The van der Waals surface area contributed by atoms with Crippen LogP contribution in [0.3, 0.4) is 0 Å². The summed E-state index contributed by atoms with van der Waals surface area (Å²) < 4.78 is 6.27. The van der Waals surface area contributed by atoms with Crippen LogP contribution in [-0.2, 0) is 4.74 Å². The van der Waals surface area contributed by atoms with Gasteiger partial charge < -0.3 is 9.84 Å². The van der Waals surface area contributed by atoms with E-state index in [2.05, 4.69) is 39.5 Å². The predicted molar refractivity (Wildman–Crippen MR) is 94.5 cm³/mol. The van der Waals surface area contributed by atoms with Crippen molar-refractivity contribution in [2.45, 2.75) is 97.4 Å². The molecule has 3 nitrogen and oxygen atoms in total. The second-order valence-electron chi connectivity index (χ2n) is 9.41. The van der Waals surface area contributed by atoms with Crippen LogP contribution < -0.4 is 0 Å². The van der Waals surface area contributed by atoms with Crippen molar-refractivity contribution >= 4 is 0 Å². The Morgan fingerprint density at radius 2 is 1.78 bits per heavy atom. The molecule has 23 heavy (non-hydrogen) atoms. The van der Waals surface area contributed by atoms with E-state index in [4.69, 9.17) is 4.74 Å². The Hall–Kier alpha value is -0.120. The first-order chi connectivity index (χ1) is 10.8. The highest BCUT2D eigenvalue weighted by molar-refractivity contribution is 5.11. The highest BCUT2D eigenvalue weighted by atomic mass is 16.5. The highest BCUT2D eigenvalue weighted by Gasteiger charge is 2.61. The average Bonchev–Trinajstić information content (AvgIpc) is 2.82. The lowest BCUT2D eigenvalue weighted by atomic mass is 9.70. The molecule has 0 amide bonds. The van der Waals surface area contributed by atoms with Crippen molar-refractivity contribution in [1.29, 1.82) is 0 Å². The quantitative estimate of drug-likeness (QED) is 0.834. The fourth-order valence-corrected chi connectivity index (χ4v) is 5.74. The van der Waals surface area contributed by atoms with Crippen LogP contribution in [0.5, 0.6) is 0 Å². The maximum Gasteiger partial charge on any atom is 0.0900 e. The Balaban J connectivity index is 1.51. The Kier molecular flexibility index (Phi) is 4.85. The fraction of sp³-hybridized carbons (Fsp3) is 1.00. The van der Waals surface area contributed by atoms with E-state index < -0.39 is 0 Å². The number of hydrogen-bond donors (Lipinski definition) is 1. The van der Waals surface area contributed by atoms with Gasteiger partial charge in [-0.1, -0.05) is 27.2 Å². The lowest BCUT2D eigenvalue weighted by Crippen LogP contribution is -2.48. The zero-order valence-electron chi connectivity index (χ0n) is 15.8. The zero-order chi connectivity index (χ0) is 16.8. The molecule has 3 aliphatic rings. The van der Waals surface area contributed by atoms with E-state index in [-0.39, 0.29) is 6.10 Å². The molecule has 2 bridgehead atoms. The molecule has 3 fully saturated rings. The molecule has 0 aromatic carbocycles. The summed E-state index contributed by atoms with van der Waals surface area (Å²) in [5.41, 5.74) is 0.682. The molecule has 2 saturated carbocycles. The second kappa shape index (κ2) is 6.31. The Morgan fingerprint density at radius 1 is 1.13 bits per heavy atom. The topological polar surface area (TPSA) is 32.7 Å². The highest BCUT2D eigenvalue weighted by Crippen LogP contribution is 2.66. The maximum atomic E-state index is 10.5. The minimum Gasteiger partial charge on any atom is -0.389 e. The van der Waals surface area contributed by atoms with Gasteiger partial charge in [-0.25, -0.2) is 0 Å². The summed E-state index contributed by atoms with van der Waals surface area (Å²) in [6.07, 6.45) is 7.64. The van der Waals surface area contributed by atoms with Gasteiger partial charge in [0.15, 0.2) is 0 Å². The molecule has 0 aromatic rings. The molecular weight excluding hydrogens is 286 g/mol. The summed E-state index contributed by atoms with van der Waals surface area (Å²) in [7, 11) is 0. The van der Waals surface area contributed by atoms with Crippen LogP contribution in [0.4, 0.5) is 0 Å². The molecule has 1 saturated heterocycles. The summed E-state index contributed by atoms with van der Waals surface area (Å²) >= 11 is 0. The van der Waals surface area contributed by atoms with E-state index in [0.717, 1.165) is 12.5 Å². The van der Waals surface area contributed by atoms with Crippen molar-refractivity contribution in [3.63, 3.8) is 0 Å². The van der Waals surface area contributed by atoms with Crippen molar-refractivity contribution < 1.29 is 9.84 Å².